The van der Waals surface area contributed by atoms with Crippen molar-refractivity contribution in [1.29, 1.82) is 0 Å². The van der Waals surface area contributed by atoms with Gasteiger partial charge in [-0.25, -0.2) is 9.59 Å². The summed E-state index contributed by atoms with van der Waals surface area (Å²) < 4.78 is 29.2. The highest BCUT2D eigenvalue weighted by atomic mass is 16.6. The summed E-state index contributed by atoms with van der Waals surface area (Å²) in [5.74, 6) is -0.625. The molecule has 8 heteroatoms. The van der Waals surface area contributed by atoms with Crippen molar-refractivity contribution in [3.05, 3.63) is 71.8 Å². The number of amides is 1. The lowest BCUT2D eigenvalue weighted by Gasteiger charge is -2.30. The molecule has 1 aliphatic heterocycles. The largest absolute Gasteiger partial charge is 0.458 e. The highest BCUT2D eigenvalue weighted by Crippen LogP contribution is 2.20. The number of cyclic esters (lactones) is 1. The highest BCUT2D eigenvalue weighted by Gasteiger charge is 2.36. The van der Waals surface area contributed by atoms with Gasteiger partial charge in [-0.05, 0) is 38.8 Å². The molecule has 1 amide bonds. The second kappa shape index (κ2) is 12.7. The monoisotopic (exact) mass is 485 g/mol. The van der Waals surface area contributed by atoms with Crippen LogP contribution in [0.25, 0.3) is 0 Å². The van der Waals surface area contributed by atoms with E-state index in [1.807, 2.05) is 60.7 Å². The van der Waals surface area contributed by atoms with Gasteiger partial charge in [-0.2, -0.15) is 0 Å². The molecule has 1 aliphatic rings. The standard InChI is InChI=1S/C27H35NO7/c1-19-24(33-16-21-13-9-6-10-14-21)23(32-15-20-11-7-5-8-12-20)18-31-17-22(25(29)34-19)28-26(30)35-27(2,3)4/h5-14,19,22-24H,15-18H2,1-4H3,(H,28,30). The summed E-state index contributed by atoms with van der Waals surface area (Å²) in [4.78, 5) is 25.1. The zero-order valence-electron chi connectivity index (χ0n) is 20.8. The number of rotatable bonds is 7. The van der Waals surface area contributed by atoms with E-state index in [9.17, 15) is 9.59 Å². The van der Waals surface area contributed by atoms with Crippen LogP contribution in [-0.4, -0.2) is 55.2 Å². The summed E-state index contributed by atoms with van der Waals surface area (Å²) in [7, 11) is 0. The second-order valence-electron chi connectivity index (χ2n) is 9.47. The molecule has 35 heavy (non-hydrogen) atoms. The van der Waals surface area contributed by atoms with Gasteiger partial charge < -0.3 is 29.0 Å². The van der Waals surface area contributed by atoms with Crippen LogP contribution in [0, 0.1) is 0 Å². The highest BCUT2D eigenvalue weighted by molar-refractivity contribution is 5.81. The smallest absolute Gasteiger partial charge is 0.408 e. The summed E-state index contributed by atoms with van der Waals surface area (Å²) in [5, 5.41) is 2.54. The van der Waals surface area contributed by atoms with Crippen molar-refractivity contribution in [2.45, 2.75) is 70.9 Å². The Morgan fingerprint density at radius 1 is 0.943 bits per heavy atom. The molecule has 0 spiro atoms. The summed E-state index contributed by atoms with van der Waals surface area (Å²) >= 11 is 0. The molecular weight excluding hydrogens is 450 g/mol. The third kappa shape index (κ3) is 8.98. The summed E-state index contributed by atoms with van der Waals surface area (Å²) in [5.41, 5.74) is 1.29. The molecule has 1 fully saturated rings. The molecule has 0 aliphatic carbocycles. The van der Waals surface area contributed by atoms with E-state index in [2.05, 4.69) is 5.32 Å². The normalized spacial score (nSPS) is 23.4. The molecule has 4 unspecified atom stereocenters. The Kier molecular flexibility index (Phi) is 9.65. The van der Waals surface area contributed by atoms with Gasteiger partial charge >= 0.3 is 12.1 Å². The second-order valence-corrected chi connectivity index (χ2v) is 9.47. The zero-order chi connectivity index (χ0) is 25.3. The Balaban J connectivity index is 1.72. The van der Waals surface area contributed by atoms with Gasteiger partial charge in [0.25, 0.3) is 0 Å². The van der Waals surface area contributed by atoms with Crippen LogP contribution in [0.1, 0.15) is 38.8 Å². The van der Waals surface area contributed by atoms with E-state index in [0.29, 0.717) is 13.2 Å². The Bertz CT molecular complexity index is 930. The van der Waals surface area contributed by atoms with Crippen LogP contribution in [0.15, 0.2) is 60.7 Å². The minimum atomic E-state index is -1.02. The lowest BCUT2D eigenvalue weighted by molar-refractivity contribution is -0.171. The summed E-state index contributed by atoms with van der Waals surface area (Å²) in [6.07, 6.45) is -2.48. The lowest BCUT2D eigenvalue weighted by Crippen LogP contribution is -2.48. The molecule has 3 rings (SSSR count). The fourth-order valence-corrected chi connectivity index (χ4v) is 3.58. The van der Waals surface area contributed by atoms with E-state index >= 15 is 0 Å². The molecule has 4 atom stereocenters. The zero-order valence-corrected chi connectivity index (χ0v) is 20.8. The van der Waals surface area contributed by atoms with Crippen LogP contribution in [0.3, 0.4) is 0 Å². The predicted octanol–water partition coefficient (Wildman–Crippen LogP) is 4.01. The topological polar surface area (TPSA) is 92.3 Å². The maximum atomic E-state index is 12.9. The number of carbonyl (C=O) groups is 2. The Labute approximate surface area is 206 Å². The first-order chi connectivity index (χ1) is 16.7. The van der Waals surface area contributed by atoms with Crippen molar-refractivity contribution in [1.82, 2.24) is 5.32 Å². The molecule has 1 N–H and O–H groups in total. The van der Waals surface area contributed by atoms with E-state index in [1.165, 1.54) is 0 Å². The molecule has 8 nitrogen and oxygen atoms in total. The van der Waals surface area contributed by atoms with Gasteiger partial charge in [-0.3, -0.25) is 0 Å². The molecule has 0 aromatic heterocycles. The number of ether oxygens (including phenoxy) is 5. The van der Waals surface area contributed by atoms with Gasteiger partial charge in [0, 0.05) is 0 Å². The first-order valence-electron chi connectivity index (χ1n) is 11.8. The quantitative estimate of drug-likeness (QED) is 0.593. The molecule has 2 aromatic carbocycles. The number of hydrogen-bond acceptors (Lipinski definition) is 7. The Morgan fingerprint density at radius 2 is 1.51 bits per heavy atom. The van der Waals surface area contributed by atoms with E-state index in [-0.39, 0.29) is 13.2 Å². The molecule has 190 valence electrons. The van der Waals surface area contributed by atoms with E-state index in [1.54, 1.807) is 27.7 Å². The summed E-state index contributed by atoms with van der Waals surface area (Å²) in [6, 6.07) is 18.5. The number of esters is 1. The van der Waals surface area contributed by atoms with Gasteiger partial charge in [0.2, 0.25) is 0 Å². The van der Waals surface area contributed by atoms with Crippen molar-refractivity contribution in [2.24, 2.45) is 0 Å². The third-order valence-electron chi connectivity index (χ3n) is 5.27. The average Bonchev–Trinajstić information content (AvgIpc) is 2.85. The minimum Gasteiger partial charge on any atom is -0.458 e. The molecule has 0 radical (unpaired) electrons. The van der Waals surface area contributed by atoms with Crippen molar-refractivity contribution >= 4 is 12.1 Å². The van der Waals surface area contributed by atoms with Crippen molar-refractivity contribution in [3.63, 3.8) is 0 Å². The number of benzene rings is 2. The van der Waals surface area contributed by atoms with Gasteiger partial charge in [-0.15, -0.1) is 0 Å². The van der Waals surface area contributed by atoms with Crippen molar-refractivity contribution in [3.8, 4) is 0 Å². The molecule has 2 aromatic rings. The molecule has 0 saturated carbocycles. The van der Waals surface area contributed by atoms with Gasteiger partial charge in [0.05, 0.1) is 26.4 Å². The Morgan fingerprint density at radius 3 is 2.09 bits per heavy atom. The molecule has 1 saturated heterocycles. The minimum absolute atomic E-state index is 0.0819. The SMILES string of the molecule is CC1OC(=O)C(NC(=O)OC(C)(C)C)COCC(OCc2ccccc2)C1OCc1ccccc1. The van der Waals surface area contributed by atoms with Crippen LogP contribution in [0.5, 0.6) is 0 Å². The van der Waals surface area contributed by atoms with Crippen LogP contribution in [-0.2, 0) is 41.7 Å². The maximum absolute atomic E-state index is 12.9. The molecule has 0 bridgehead atoms. The third-order valence-corrected chi connectivity index (χ3v) is 5.27. The number of nitrogens with one attached hydrogen (secondary N) is 1. The average molecular weight is 486 g/mol. The number of alkyl carbamates (subject to hydrolysis) is 1. The van der Waals surface area contributed by atoms with Gasteiger partial charge in [0.15, 0.2) is 6.04 Å². The van der Waals surface area contributed by atoms with Crippen LogP contribution in [0.4, 0.5) is 4.79 Å². The van der Waals surface area contributed by atoms with E-state index in [4.69, 9.17) is 23.7 Å². The summed E-state index contributed by atoms with van der Waals surface area (Å²) in [6.45, 7) is 7.73. The lowest BCUT2D eigenvalue weighted by atomic mass is 10.1. The fraction of sp³-hybridized carbons (Fsp3) is 0.481. The van der Waals surface area contributed by atoms with E-state index in [0.717, 1.165) is 11.1 Å². The predicted molar refractivity (Wildman–Crippen MR) is 130 cm³/mol. The van der Waals surface area contributed by atoms with Crippen LogP contribution < -0.4 is 5.32 Å². The number of hydrogen-bond donors (Lipinski definition) is 1. The molecule has 1 heterocycles. The van der Waals surface area contributed by atoms with Crippen molar-refractivity contribution in [2.75, 3.05) is 13.2 Å². The molecular formula is C27H35NO7. The van der Waals surface area contributed by atoms with Gasteiger partial charge in [0.1, 0.15) is 23.9 Å². The Hall–Kier alpha value is -2.94. The van der Waals surface area contributed by atoms with Crippen LogP contribution >= 0.6 is 0 Å². The first-order valence-corrected chi connectivity index (χ1v) is 11.8. The van der Waals surface area contributed by atoms with Gasteiger partial charge in [-0.1, -0.05) is 60.7 Å². The fourth-order valence-electron chi connectivity index (χ4n) is 3.58. The maximum Gasteiger partial charge on any atom is 0.408 e. The van der Waals surface area contributed by atoms with E-state index < -0.39 is 42.0 Å². The van der Waals surface area contributed by atoms with Crippen molar-refractivity contribution < 1.29 is 33.3 Å². The van der Waals surface area contributed by atoms with Crippen LogP contribution in [0.2, 0.25) is 0 Å². The first kappa shape index (κ1) is 26.7. The number of carbonyl (C=O) groups excluding carboxylic acids is 2.